The minimum absolute atomic E-state index is 0.0411. The quantitative estimate of drug-likeness (QED) is 0.722. The van der Waals surface area contributed by atoms with Crippen LogP contribution in [0.2, 0.25) is 0 Å². The Balaban J connectivity index is 1.95. The summed E-state index contributed by atoms with van der Waals surface area (Å²) in [7, 11) is 0. The fourth-order valence-electron chi connectivity index (χ4n) is 2.59. The number of ether oxygens (including phenoxy) is 1. The number of hydrogen-bond donors (Lipinski definition) is 3. The Bertz CT molecular complexity index is 560. The monoisotopic (exact) mass is 260 g/mol. The van der Waals surface area contributed by atoms with Crippen LogP contribution in [0.3, 0.4) is 0 Å². The predicted molar refractivity (Wildman–Crippen MR) is 70.4 cm³/mol. The van der Waals surface area contributed by atoms with Gasteiger partial charge in [-0.25, -0.2) is 0 Å². The van der Waals surface area contributed by atoms with Crippen LogP contribution >= 0.6 is 0 Å². The highest BCUT2D eigenvalue weighted by Gasteiger charge is 2.32. The summed E-state index contributed by atoms with van der Waals surface area (Å²) in [5.41, 5.74) is 1.49. The van der Waals surface area contributed by atoms with Crippen LogP contribution in [0.15, 0.2) is 35.9 Å². The Morgan fingerprint density at radius 2 is 2.00 bits per heavy atom. The van der Waals surface area contributed by atoms with Crippen LogP contribution in [0, 0.1) is 0 Å². The van der Waals surface area contributed by atoms with Gasteiger partial charge in [0.1, 0.15) is 23.4 Å². The average Bonchev–Trinajstić information content (AvgIpc) is 2.40. The van der Waals surface area contributed by atoms with Gasteiger partial charge in [0.2, 0.25) is 0 Å². The number of hydrogen-bond acceptors (Lipinski definition) is 4. The zero-order valence-corrected chi connectivity index (χ0v) is 10.4. The minimum Gasteiger partial charge on any atom is -0.508 e. The topological polar surface area (TPSA) is 69.9 Å². The van der Waals surface area contributed by atoms with E-state index in [1.54, 1.807) is 0 Å². The van der Waals surface area contributed by atoms with Crippen molar-refractivity contribution < 1.29 is 20.1 Å². The maximum atomic E-state index is 10.2. The van der Waals surface area contributed by atoms with E-state index in [9.17, 15) is 15.3 Å². The molecule has 3 rings (SSSR count). The first kappa shape index (κ1) is 12.1. The fourth-order valence-corrected chi connectivity index (χ4v) is 2.59. The molecular formula is C15H16O4. The molecule has 0 amide bonds. The molecular weight excluding hydrogens is 244 g/mol. The highest BCUT2D eigenvalue weighted by atomic mass is 16.5. The molecule has 3 N–H and O–H groups in total. The van der Waals surface area contributed by atoms with Crippen molar-refractivity contribution in [2.75, 3.05) is 0 Å². The summed E-state index contributed by atoms with van der Waals surface area (Å²) in [6, 6.07) is 2.73. The van der Waals surface area contributed by atoms with Gasteiger partial charge < -0.3 is 20.1 Å². The maximum absolute atomic E-state index is 10.2. The van der Waals surface area contributed by atoms with Crippen LogP contribution < -0.4 is 4.74 Å². The van der Waals surface area contributed by atoms with Gasteiger partial charge in [-0.2, -0.15) is 0 Å². The van der Waals surface area contributed by atoms with Gasteiger partial charge in [-0.1, -0.05) is 18.2 Å². The third-order valence-corrected chi connectivity index (χ3v) is 3.54. The van der Waals surface area contributed by atoms with Gasteiger partial charge in [0, 0.05) is 24.1 Å². The molecule has 4 nitrogen and oxygen atoms in total. The Morgan fingerprint density at radius 1 is 1.16 bits per heavy atom. The van der Waals surface area contributed by atoms with E-state index < -0.39 is 12.2 Å². The lowest BCUT2D eigenvalue weighted by Crippen LogP contribution is -2.38. The van der Waals surface area contributed by atoms with E-state index in [-0.39, 0.29) is 11.5 Å². The van der Waals surface area contributed by atoms with Crippen molar-refractivity contribution in [3.05, 3.63) is 41.5 Å². The van der Waals surface area contributed by atoms with E-state index in [0.717, 1.165) is 18.4 Å². The highest BCUT2D eigenvalue weighted by molar-refractivity contribution is 5.52. The van der Waals surface area contributed by atoms with Crippen LogP contribution in [-0.2, 0) is 6.42 Å². The number of aliphatic hydroxyl groups excluding tert-OH is 1. The molecule has 1 heterocycles. The minimum atomic E-state index is -0.697. The molecule has 0 saturated carbocycles. The molecule has 0 aromatic heterocycles. The predicted octanol–water partition coefficient (Wildman–Crippen LogP) is 2.04. The molecule has 1 aliphatic heterocycles. The lowest BCUT2D eigenvalue weighted by molar-refractivity contribution is 0.0431. The fraction of sp³-hybridized carbons (Fsp3) is 0.333. The summed E-state index contributed by atoms with van der Waals surface area (Å²) < 4.78 is 5.76. The normalized spacial score (nSPS) is 25.4. The number of allylic oxidation sites excluding steroid dienone is 2. The number of rotatable bonds is 1. The van der Waals surface area contributed by atoms with Crippen molar-refractivity contribution in [3.8, 4) is 17.2 Å². The third-order valence-electron chi connectivity index (χ3n) is 3.54. The number of aliphatic hydroxyl groups is 1. The van der Waals surface area contributed by atoms with Gasteiger partial charge in [0.15, 0.2) is 0 Å². The molecule has 0 spiro atoms. The Labute approximate surface area is 111 Å². The van der Waals surface area contributed by atoms with Crippen LogP contribution in [0.25, 0.3) is 0 Å². The van der Waals surface area contributed by atoms with Crippen molar-refractivity contribution in [3.63, 3.8) is 0 Å². The molecule has 4 heteroatoms. The lowest BCUT2D eigenvalue weighted by atomic mass is 9.91. The Kier molecular flexibility index (Phi) is 2.95. The number of phenolic OH excluding ortho intramolecular Hbond substituents is 2. The van der Waals surface area contributed by atoms with Crippen LogP contribution in [-0.4, -0.2) is 27.5 Å². The molecule has 0 bridgehead atoms. The highest BCUT2D eigenvalue weighted by Crippen LogP contribution is 2.39. The molecule has 1 aromatic rings. The summed E-state index contributed by atoms with van der Waals surface area (Å²) in [6.07, 6.45) is 7.20. The summed E-state index contributed by atoms with van der Waals surface area (Å²) in [5, 5.41) is 29.5. The van der Waals surface area contributed by atoms with Crippen LogP contribution in [0.1, 0.15) is 18.4 Å². The Hall–Kier alpha value is -1.94. The van der Waals surface area contributed by atoms with E-state index >= 15 is 0 Å². The third kappa shape index (κ3) is 2.19. The van der Waals surface area contributed by atoms with Crippen molar-refractivity contribution in [1.29, 1.82) is 0 Å². The smallest absolute Gasteiger partial charge is 0.150 e. The number of phenols is 2. The molecule has 2 aliphatic rings. The van der Waals surface area contributed by atoms with Gasteiger partial charge in [-0.05, 0) is 18.4 Å². The molecule has 100 valence electrons. The largest absolute Gasteiger partial charge is 0.508 e. The molecule has 0 saturated heterocycles. The number of aromatic hydroxyl groups is 2. The van der Waals surface area contributed by atoms with E-state index in [4.69, 9.17) is 4.74 Å². The average molecular weight is 260 g/mol. The second kappa shape index (κ2) is 4.63. The number of benzene rings is 1. The van der Waals surface area contributed by atoms with E-state index in [2.05, 4.69) is 12.2 Å². The van der Waals surface area contributed by atoms with E-state index in [1.807, 2.05) is 6.08 Å². The molecule has 19 heavy (non-hydrogen) atoms. The van der Waals surface area contributed by atoms with Gasteiger partial charge in [-0.15, -0.1) is 0 Å². The van der Waals surface area contributed by atoms with Gasteiger partial charge in [0.25, 0.3) is 0 Å². The second-order valence-electron chi connectivity index (χ2n) is 4.94. The zero-order valence-electron chi connectivity index (χ0n) is 10.4. The standard InChI is InChI=1S/C15H16O4/c16-10-6-12(17)11-8-13(18)15(19-14(11)7-10)9-4-2-1-3-5-9/h2,4-7,13,15-18H,1,3,8H2/t13-,15-/m1/s1. The second-order valence-corrected chi connectivity index (χ2v) is 4.94. The van der Waals surface area contributed by atoms with Gasteiger partial charge in [-0.3, -0.25) is 0 Å². The molecule has 0 radical (unpaired) electrons. The van der Waals surface area contributed by atoms with Gasteiger partial charge >= 0.3 is 0 Å². The summed E-state index contributed by atoms with van der Waals surface area (Å²) in [4.78, 5) is 0. The van der Waals surface area contributed by atoms with E-state index in [1.165, 1.54) is 12.1 Å². The Morgan fingerprint density at radius 3 is 2.74 bits per heavy atom. The molecule has 2 atom stereocenters. The first-order valence-electron chi connectivity index (χ1n) is 6.41. The van der Waals surface area contributed by atoms with Crippen molar-refractivity contribution in [2.45, 2.75) is 31.5 Å². The summed E-state index contributed by atoms with van der Waals surface area (Å²) in [5.74, 6) is 0.355. The molecule has 1 aromatic carbocycles. The molecule has 1 aliphatic carbocycles. The zero-order chi connectivity index (χ0) is 13.4. The first-order chi connectivity index (χ1) is 9.15. The van der Waals surface area contributed by atoms with Crippen LogP contribution in [0.4, 0.5) is 0 Å². The summed E-state index contributed by atoms with van der Waals surface area (Å²) in [6.45, 7) is 0. The van der Waals surface area contributed by atoms with Crippen molar-refractivity contribution >= 4 is 0 Å². The van der Waals surface area contributed by atoms with E-state index in [0.29, 0.717) is 17.7 Å². The van der Waals surface area contributed by atoms with Crippen molar-refractivity contribution in [2.24, 2.45) is 0 Å². The lowest BCUT2D eigenvalue weighted by Gasteiger charge is -2.32. The maximum Gasteiger partial charge on any atom is 0.150 e. The first-order valence-corrected chi connectivity index (χ1v) is 6.41. The summed E-state index contributed by atoms with van der Waals surface area (Å²) >= 11 is 0. The van der Waals surface area contributed by atoms with Gasteiger partial charge in [0.05, 0.1) is 6.10 Å². The van der Waals surface area contributed by atoms with Crippen LogP contribution in [0.5, 0.6) is 17.2 Å². The number of fused-ring (bicyclic) bond motifs is 1. The molecule has 0 unspecified atom stereocenters. The SMILES string of the molecule is Oc1cc(O)c2c(c1)O[C@H](C1=CCCC=C1)[C@H](O)C2. The molecule has 0 fully saturated rings. The van der Waals surface area contributed by atoms with Crippen molar-refractivity contribution in [1.82, 2.24) is 0 Å².